The molecule has 0 bridgehead atoms. The van der Waals surface area contributed by atoms with Crippen molar-refractivity contribution in [1.82, 2.24) is 5.32 Å². The molecule has 6 heteroatoms. The predicted molar refractivity (Wildman–Crippen MR) is 34.2 cm³/mol. The highest BCUT2D eigenvalue weighted by Gasteiger charge is 2.23. The van der Waals surface area contributed by atoms with Crippen LogP contribution in [0.1, 0.15) is 13.3 Å². The first-order valence-electron chi connectivity index (χ1n) is 3.09. The summed E-state index contributed by atoms with van der Waals surface area (Å²) in [5.74, 6) is 0. The van der Waals surface area contributed by atoms with Crippen LogP contribution < -0.4 is 5.32 Å². The Kier molecular flexibility index (Phi) is 3.80. The van der Waals surface area contributed by atoms with E-state index in [4.69, 9.17) is 15.3 Å². The van der Waals surface area contributed by atoms with Gasteiger partial charge in [-0.2, -0.15) is 0 Å². The van der Waals surface area contributed by atoms with Gasteiger partial charge in [0.1, 0.15) is 0 Å². The molecule has 11 heavy (non-hydrogen) atoms. The topological polar surface area (TPSA) is 99.0 Å². The standard InChI is InChI=1S/C5H11NO5/c1-2-3-6-4(7)11-5(8,9)10/h8-10H,2-3H2,1H3,(H,6,7). The zero-order valence-corrected chi connectivity index (χ0v) is 6.07. The molecule has 0 aliphatic rings. The minimum Gasteiger partial charge on any atom is -0.367 e. The van der Waals surface area contributed by atoms with Crippen molar-refractivity contribution in [2.45, 2.75) is 19.5 Å². The zero-order valence-electron chi connectivity index (χ0n) is 6.07. The van der Waals surface area contributed by atoms with Gasteiger partial charge in [0.05, 0.1) is 0 Å². The summed E-state index contributed by atoms with van der Waals surface area (Å²) in [6, 6.07) is 0. The van der Waals surface area contributed by atoms with Crippen molar-refractivity contribution < 1.29 is 24.9 Å². The summed E-state index contributed by atoms with van der Waals surface area (Å²) >= 11 is 0. The molecule has 0 saturated carbocycles. The molecule has 0 aromatic heterocycles. The Balaban J connectivity index is 3.53. The number of nitrogens with one attached hydrogen (secondary N) is 1. The van der Waals surface area contributed by atoms with Gasteiger partial charge < -0.3 is 25.4 Å². The maximum atomic E-state index is 10.4. The number of carbonyl (C=O) groups excluding carboxylic acids is 1. The summed E-state index contributed by atoms with van der Waals surface area (Å²) in [6.45, 7) is 2.15. The van der Waals surface area contributed by atoms with E-state index >= 15 is 0 Å². The van der Waals surface area contributed by atoms with Crippen LogP contribution in [-0.2, 0) is 4.74 Å². The third kappa shape index (κ3) is 7.04. The average Bonchev–Trinajstić information content (AvgIpc) is 1.79. The van der Waals surface area contributed by atoms with E-state index in [0.717, 1.165) is 0 Å². The molecule has 0 unspecified atom stereocenters. The second kappa shape index (κ2) is 4.12. The number of amides is 1. The van der Waals surface area contributed by atoms with Crippen LogP contribution in [0.3, 0.4) is 0 Å². The Morgan fingerprint density at radius 3 is 2.45 bits per heavy atom. The van der Waals surface area contributed by atoms with Crippen LogP contribution in [0.5, 0.6) is 0 Å². The SMILES string of the molecule is CCCNC(=O)OC(O)(O)O. The second-order valence-corrected chi connectivity index (χ2v) is 1.89. The van der Waals surface area contributed by atoms with Gasteiger partial charge in [0.25, 0.3) is 0 Å². The van der Waals surface area contributed by atoms with Crippen LogP contribution in [0.25, 0.3) is 0 Å². The van der Waals surface area contributed by atoms with Gasteiger partial charge in [0.2, 0.25) is 0 Å². The Bertz CT molecular complexity index is 129. The molecule has 0 fully saturated rings. The van der Waals surface area contributed by atoms with E-state index in [0.29, 0.717) is 13.0 Å². The summed E-state index contributed by atoms with van der Waals surface area (Å²) in [6.07, 6.45) is -3.79. The number of hydrogen-bond donors (Lipinski definition) is 4. The minimum atomic E-state index is -3.39. The van der Waals surface area contributed by atoms with E-state index in [1.807, 2.05) is 6.92 Å². The van der Waals surface area contributed by atoms with E-state index in [1.54, 1.807) is 0 Å². The van der Waals surface area contributed by atoms with Crippen LogP contribution in [0.15, 0.2) is 0 Å². The maximum Gasteiger partial charge on any atom is 0.456 e. The number of alkyl carbamates (subject to hydrolysis) is 1. The highest BCUT2D eigenvalue weighted by Crippen LogP contribution is 1.94. The summed E-state index contributed by atoms with van der Waals surface area (Å²) < 4.78 is 3.66. The van der Waals surface area contributed by atoms with Gasteiger partial charge in [-0.1, -0.05) is 6.92 Å². The molecule has 6 nitrogen and oxygen atoms in total. The van der Waals surface area contributed by atoms with Crippen molar-refractivity contribution >= 4 is 6.09 Å². The molecule has 0 aliphatic heterocycles. The first kappa shape index (κ1) is 10.2. The smallest absolute Gasteiger partial charge is 0.367 e. The van der Waals surface area contributed by atoms with Gasteiger partial charge in [-0.05, 0) is 6.42 Å². The third-order valence-corrected chi connectivity index (χ3v) is 0.749. The lowest BCUT2D eigenvalue weighted by atomic mass is 10.5. The van der Waals surface area contributed by atoms with Crippen molar-refractivity contribution in [3.05, 3.63) is 0 Å². The average molecular weight is 165 g/mol. The molecular formula is C5H11NO5. The fourth-order valence-electron chi connectivity index (χ4n) is 0.388. The summed E-state index contributed by atoms with van der Waals surface area (Å²) in [5, 5.41) is 26.5. The fraction of sp³-hybridized carbons (Fsp3) is 0.800. The number of ether oxygens (including phenoxy) is 1. The fourth-order valence-corrected chi connectivity index (χ4v) is 0.388. The lowest BCUT2D eigenvalue weighted by Gasteiger charge is -2.13. The molecule has 0 aromatic carbocycles. The van der Waals surface area contributed by atoms with E-state index in [-0.39, 0.29) is 0 Å². The molecule has 0 aliphatic carbocycles. The van der Waals surface area contributed by atoms with E-state index in [1.165, 1.54) is 0 Å². The van der Waals surface area contributed by atoms with Crippen molar-refractivity contribution in [2.75, 3.05) is 6.54 Å². The molecule has 66 valence electrons. The van der Waals surface area contributed by atoms with Crippen molar-refractivity contribution in [2.24, 2.45) is 0 Å². The normalized spacial score (nSPS) is 10.9. The highest BCUT2D eigenvalue weighted by atomic mass is 16.9. The van der Waals surface area contributed by atoms with Crippen LogP contribution in [0, 0.1) is 0 Å². The zero-order chi connectivity index (χ0) is 8.91. The Morgan fingerprint density at radius 2 is 2.09 bits per heavy atom. The van der Waals surface area contributed by atoms with Gasteiger partial charge in [-0.3, -0.25) is 0 Å². The van der Waals surface area contributed by atoms with Crippen molar-refractivity contribution in [3.63, 3.8) is 0 Å². The van der Waals surface area contributed by atoms with Gasteiger partial charge in [0, 0.05) is 6.54 Å². The quantitative estimate of drug-likeness (QED) is 0.390. The first-order valence-corrected chi connectivity index (χ1v) is 3.09. The van der Waals surface area contributed by atoms with Crippen LogP contribution >= 0.6 is 0 Å². The second-order valence-electron chi connectivity index (χ2n) is 1.89. The molecule has 0 radical (unpaired) electrons. The van der Waals surface area contributed by atoms with E-state index in [9.17, 15) is 4.79 Å². The van der Waals surface area contributed by atoms with Gasteiger partial charge in [-0.25, -0.2) is 4.79 Å². The van der Waals surface area contributed by atoms with Crippen LogP contribution in [0.2, 0.25) is 0 Å². The number of hydrogen-bond acceptors (Lipinski definition) is 5. The summed E-state index contributed by atoms with van der Waals surface area (Å²) in [5.41, 5.74) is 0. The first-order chi connectivity index (χ1) is 4.95. The molecule has 0 atom stereocenters. The largest absolute Gasteiger partial charge is 0.456 e. The minimum absolute atomic E-state index is 0.342. The Hall–Kier alpha value is -0.850. The molecule has 4 N–H and O–H groups in total. The van der Waals surface area contributed by atoms with E-state index in [2.05, 4.69) is 10.1 Å². The lowest BCUT2D eigenvalue weighted by molar-refractivity contribution is -0.430. The van der Waals surface area contributed by atoms with Crippen LogP contribution in [0.4, 0.5) is 4.79 Å². The molecule has 0 heterocycles. The van der Waals surface area contributed by atoms with Gasteiger partial charge in [-0.15, -0.1) is 0 Å². The highest BCUT2D eigenvalue weighted by molar-refractivity contribution is 5.67. The number of rotatable bonds is 3. The van der Waals surface area contributed by atoms with Crippen molar-refractivity contribution in [3.8, 4) is 0 Å². The molecule has 0 aromatic rings. The van der Waals surface area contributed by atoms with Crippen LogP contribution in [-0.4, -0.2) is 34.1 Å². The summed E-state index contributed by atoms with van der Waals surface area (Å²) in [4.78, 5) is 10.4. The molecule has 0 spiro atoms. The molecular weight excluding hydrogens is 154 g/mol. The number of aliphatic hydroxyl groups is 3. The summed E-state index contributed by atoms with van der Waals surface area (Å²) in [7, 11) is 0. The molecule has 0 rings (SSSR count). The molecule has 0 saturated heterocycles. The number of carbonyl (C=O) groups is 1. The predicted octanol–water partition coefficient (Wildman–Crippen LogP) is -1.29. The Morgan fingerprint density at radius 1 is 1.55 bits per heavy atom. The van der Waals surface area contributed by atoms with Gasteiger partial charge >= 0.3 is 12.3 Å². The molecule has 1 amide bonds. The monoisotopic (exact) mass is 165 g/mol. The van der Waals surface area contributed by atoms with Crippen molar-refractivity contribution in [1.29, 1.82) is 0 Å². The van der Waals surface area contributed by atoms with E-state index < -0.39 is 12.3 Å². The third-order valence-electron chi connectivity index (χ3n) is 0.749. The maximum absolute atomic E-state index is 10.4. The Labute approximate surface area is 63.4 Å². The lowest BCUT2D eigenvalue weighted by Crippen LogP contribution is -2.38. The van der Waals surface area contributed by atoms with Gasteiger partial charge in [0.15, 0.2) is 0 Å².